The van der Waals surface area contributed by atoms with Gasteiger partial charge in [0.2, 0.25) is 5.91 Å². The Morgan fingerprint density at radius 1 is 1.10 bits per heavy atom. The van der Waals surface area contributed by atoms with Gasteiger partial charge < -0.3 is 24.5 Å². The number of nitrogens with zero attached hydrogens (tertiary/aromatic N) is 3. The van der Waals surface area contributed by atoms with Crippen LogP contribution in [0.2, 0.25) is 0 Å². The molecule has 0 radical (unpaired) electrons. The van der Waals surface area contributed by atoms with Gasteiger partial charge >= 0.3 is 6.18 Å². The molecule has 2 N–H and O–H groups in total. The van der Waals surface area contributed by atoms with Gasteiger partial charge in [0.05, 0.1) is 45.6 Å². The van der Waals surface area contributed by atoms with E-state index in [1.165, 1.54) is 23.5 Å². The molecule has 5 rings (SSSR count). The van der Waals surface area contributed by atoms with Gasteiger partial charge in [-0.3, -0.25) is 9.10 Å². The number of nitrogens with one attached hydrogen (secondary N) is 1. The molecular weight excluding hydrogens is 668 g/mol. The van der Waals surface area contributed by atoms with E-state index in [1.807, 2.05) is 18.5 Å². The topological polar surface area (TPSA) is 123 Å². The summed E-state index contributed by atoms with van der Waals surface area (Å²) in [5.74, 6) is -2.89. The molecule has 10 nitrogen and oxygen atoms in total. The van der Waals surface area contributed by atoms with Crippen LogP contribution in [-0.4, -0.2) is 62.1 Å². The average Bonchev–Trinajstić information content (AvgIpc) is 3.35. The lowest BCUT2D eigenvalue weighted by Crippen LogP contribution is -2.43. The van der Waals surface area contributed by atoms with Gasteiger partial charge in [-0.05, 0) is 86.7 Å². The molecular formula is C34H38F4N4O6S. The smallest absolute Gasteiger partial charge is 0.378 e. The molecule has 1 heterocycles. The van der Waals surface area contributed by atoms with Crippen molar-refractivity contribution in [2.75, 3.05) is 36.7 Å². The summed E-state index contributed by atoms with van der Waals surface area (Å²) in [4.78, 5) is 18.2. The number of rotatable bonds is 11. The van der Waals surface area contributed by atoms with Crippen molar-refractivity contribution in [3.63, 3.8) is 0 Å². The maximum absolute atomic E-state index is 14.7. The number of alkyl halides is 3. The van der Waals surface area contributed by atoms with Gasteiger partial charge in [0, 0.05) is 32.5 Å². The van der Waals surface area contributed by atoms with Crippen LogP contribution in [0, 0.1) is 24.6 Å². The number of sulfonamides is 1. The van der Waals surface area contributed by atoms with Crippen LogP contribution in [0.3, 0.4) is 0 Å². The van der Waals surface area contributed by atoms with E-state index in [4.69, 9.17) is 9.47 Å². The Morgan fingerprint density at radius 2 is 1.82 bits per heavy atom. The number of imidazole rings is 1. The summed E-state index contributed by atoms with van der Waals surface area (Å²) in [6.07, 6.45) is -4.47. The Kier molecular flexibility index (Phi) is 10.7. The van der Waals surface area contributed by atoms with Crippen LogP contribution in [0.15, 0.2) is 65.6 Å². The number of anilines is 2. The van der Waals surface area contributed by atoms with Gasteiger partial charge in [0.1, 0.15) is 18.4 Å². The molecule has 1 aliphatic carbocycles. The molecule has 1 aliphatic rings. The van der Waals surface area contributed by atoms with Crippen LogP contribution in [0.5, 0.6) is 0 Å². The highest BCUT2D eigenvalue weighted by atomic mass is 32.2. The number of benzene rings is 3. The lowest BCUT2D eigenvalue weighted by atomic mass is 9.68. The van der Waals surface area contributed by atoms with Crippen molar-refractivity contribution < 1.29 is 45.4 Å². The quantitative estimate of drug-likeness (QED) is 0.145. The van der Waals surface area contributed by atoms with Gasteiger partial charge in [-0.1, -0.05) is 12.1 Å². The second-order valence-corrected chi connectivity index (χ2v) is 14.0. The van der Waals surface area contributed by atoms with Crippen LogP contribution in [0.1, 0.15) is 42.6 Å². The number of carbonyl (C=O) groups excluding carboxylic acids is 1. The van der Waals surface area contributed by atoms with E-state index in [1.54, 1.807) is 37.3 Å². The lowest BCUT2D eigenvalue weighted by molar-refractivity contribution is -0.137. The molecule has 1 amide bonds. The Morgan fingerprint density at radius 3 is 2.45 bits per heavy atom. The minimum Gasteiger partial charge on any atom is -0.378 e. The van der Waals surface area contributed by atoms with Crippen molar-refractivity contribution >= 4 is 38.3 Å². The van der Waals surface area contributed by atoms with Crippen molar-refractivity contribution in [2.24, 2.45) is 18.9 Å². The van der Waals surface area contributed by atoms with E-state index in [-0.39, 0.29) is 23.8 Å². The fraction of sp³-hybridized carbons (Fsp3) is 0.412. The third-order valence-corrected chi connectivity index (χ3v) is 11.0. The Labute approximate surface area is 281 Å². The molecule has 15 heteroatoms. The average molecular weight is 707 g/mol. The summed E-state index contributed by atoms with van der Waals surface area (Å²) in [5, 5.41) is 11.9. The van der Waals surface area contributed by atoms with E-state index in [9.17, 15) is 35.9 Å². The number of halogens is 4. The van der Waals surface area contributed by atoms with Gasteiger partial charge in [-0.2, -0.15) is 13.2 Å². The Hall–Kier alpha value is -4.05. The maximum Gasteiger partial charge on any atom is 0.416 e. The van der Waals surface area contributed by atoms with E-state index in [0.717, 1.165) is 23.0 Å². The minimum atomic E-state index is -4.75. The summed E-state index contributed by atoms with van der Waals surface area (Å²) in [6.45, 7) is 3.31. The molecule has 1 fully saturated rings. The van der Waals surface area contributed by atoms with Gasteiger partial charge in [0.15, 0.2) is 0 Å². The third kappa shape index (κ3) is 7.59. The molecule has 4 aromatic rings. The SMILES string of the molecule is CCO[C@@H]1C[C@H](c2ccc(N(C)S(=O)(=O)c3ccc4c(c3)nc(C)n4C)cc2)[C@@H](COCO)[C@H](C(=O)Nc2ccc(C(F)(F)F)cc2F)C1. The molecule has 1 aromatic heterocycles. The number of aliphatic hydroxyl groups is 1. The zero-order valence-electron chi connectivity index (χ0n) is 27.4. The number of aryl methyl sites for hydroxylation is 2. The van der Waals surface area contributed by atoms with Crippen molar-refractivity contribution in [2.45, 2.75) is 49.8 Å². The van der Waals surface area contributed by atoms with Crippen molar-refractivity contribution in [1.82, 2.24) is 9.55 Å². The number of hydrogen-bond donors (Lipinski definition) is 2. The van der Waals surface area contributed by atoms with E-state index in [0.29, 0.717) is 36.4 Å². The highest BCUT2D eigenvalue weighted by Crippen LogP contribution is 2.44. The highest BCUT2D eigenvalue weighted by molar-refractivity contribution is 7.92. The molecule has 3 aromatic carbocycles. The molecule has 4 atom stereocenters. The molecule has 0 unspecified atom stereocenters. The molecule has 1 saturated carbocycles. The number of hydrogen-bond acceptors (Lipinski definition) is 7. The van der Waals surface area contributed by atoms with Crippen LogP contribution in [0.25, 0.3) is 11.0 Å². The summed E-state index contributed by atoms with van der Waals surface area (Å²) >= 11 is 0. The summed E-state index contributed by atoms with van der Waals surface area (Å²) in [5.41, 5.74) is 0.903. The molecule has 0 bridgehead atoms. The number of aliphatic hydroxyl groups excluding tert-OH is 1. The van der Waals surface area contributed by atoms with E-state index >= 15 is 0 Å². The summed E-state index contributed by atoms with van der Waals surface area (Å²) < 4.78 is 95.4. The molecule has 264 valence electrons. The predicted octanol–water partition coefficient (Wildman–Crippen LogP) is 5.98. The van der Waals surface area contributed by atoms with Crippen molar-refractivity contribution in [1.29, 1.82) is 0 Å². The Bertz CT molecular complexity index is 1920. The summed E-state index contributed by atoms with van der Waals surface area (Å²) in [6, 6.07) is 13.5. The van der Waals surface area contributed by atoms with E-state index in [2.05, 4.69) is 10.3 Å². The fourth-order valence-corrected chi connectivity index (χ4v) is 7.69. The largest absolute Gasteiger partial charge is 0.416 e. The monoisotopic (exact) mass is 706 g/mol. The number of fused-ring (bicyclic) bond motifs is 1. The van der Waals surface area contributed by atoms with Gasteiger partial charge in [-0.25, -0.2) is 17.8 Å². The van der Waals surface area contributed by atoms with Crippen LogP contribution >= 0.6 is 0 Å². The van der Waals surface area contributed by atoms with E-state index < -0.39 is 63.9 Å². The standard InChI is InChI=1S/C34H38F4N4O6S/c1-5-48-24-15-26(28(18-47-19-43)27(16-24)33(44)40-30-12-8-22(14-29(30)35)34(36,37)38)21-6-9-23(10-7-21)42(4)49(45,46)25-11-13-32-31(17-25)39-20(2)41(32)3/h6-14,17,24,26-28,43H,5,15-16,18-19H2,1-4H3,(H,40,44)/t24-,26-,27-,28-/m1/s1. The number of amides is 1. The first kappa shape index (κ1) is 36.2. The molecule has 0 saturated heterocycles. The second-order valence-electron chi connectivity index (χ2n) is 12.0. The molecule has 0 aliphatic heterocycles. The molecule has 49 heavy (non-hydrogen) atoms. The predicted molar refractivity (Wildman–Crippen MR) is 175 cm³/mol. The maximum atomic E-state index is 14.7. The van der Waals surface area contributed by atoms with Crippen molar-refractivity contribution in [3.8, 4) is 0 Å². The Balaban J connectivity index is 1.41. The third-order valence-electron chi connectivity index (χ3n) is 9.18. The lowest BCUT2D eigenvalue weighted by Gasteiger charge is -2.41. The van der Waals surface area contributed by atoms with Crippen LogP contribution in [0.4, 0.5) is 28.9 Å². The first-order valence-electron chi connectivity index (χ1n) is 15.7. The zero-order valence-corrected chi connectivity index (χ0v) is 28.2. The minimum absolute atomic E-state index is 0.0564. The van der Waals surface area contributed by atoms with Crippen molar-refractivity contribution in [3.05, 3.63) is 83.4 Å². The highest BCUT2D eigenvalue weighted by Gasteiger charge is 2.43. The van der Waals surface area contributed by atoms with Gasteiger partial charge in [-0.15, -0.1) is 0 Å². The number of carbonyl (C=O) groups is 1. The van der Waals surface area contributed by atoms with Crippen LogP contribution < -0.4 is 9.62 Å². The second kappa shape index (κ2) is 14.4. The van der Waals surface area contributed by atoms with Gasteiger partial charge in [0.25, 0.3) is 10.0 Å². The molecule has 0 spiro atoms. The zero-order chi connectivity index (χ0) is 35.7. The van der Waals surface area contributed by atoms with Crippen LogP contribution in [-0.2, 0) is 37.5 Å². The number of ether oxygens (including phenoxy) is 2. The summed E-state index contributed by atoms with van der Waals surface area (Å²) in [7, 11) is -0.660. The fourth-order valence-electron chi connectivity index (χ4n) is 6.48. The first-order valence-corrected chi connectivity index (χ1v) is 17.1. The normalized spacial score (nSPS) is 20.0. The first-order chi connectivity index (χ1) is 23.1. The number of aromatic nitrogens is 2.